The number of halogens is 1. The number of carbonyl (C=O) groups is 1. The van der Waals surface area contributed by atoms with E-state index in [0.29, 0.717) is 12.1 Å². The summed E-state index contributed by atoms with van der Waals surface area (Å²) in [5, 5.41) is 2.78. The lowest BCUT2D eigenvalue weighted by molar-refractivity contribution is 0.0942. The Morgan fingerprint density at radius 3 is 2.09 bits per heavy atom. The van der Waals surface area contributed by atoms with Gasteiger partial charge in [0.15, 0.2) is 0 Å². The Kier molecular flexibility index (Phi) is 8.03. The summed E-state index contributed by atoms with van der Waals surface area (Å²) in [6.45, 7) is 4.34. The molecule has 0 atom stereocenters. The molecule has 4 N–H and O–H groups in total. The first kappa shape index (κ1) is 20.9. The van der Waals surface area contributed by atoms with Gasteiger partial charge in [0.05, 0.1) is 4.90 Å². The van der Waals surface area contributed by atoms with Crippen molar-refractivity contribution in [3.63, 3.8) is 0 Å². The van der Waals surface area contributed by atoms with Gasteiger partial charge in [-0.2, -0.15) is 0 Å². The van der Waals surface area contributed by atoms with Crippen molar-refractivity contribution in [3.8, 4) is 0 Å². The van der Waals surface area contributed by atoms with E-state index in [4.69, 9.17) is 5.73 Å². The number of nitrogens with two attached hydrogens (primary N) is 1. The monoisotopic (exact) mass is 349 g/mol. The summed E-state index contributed by atoms with van der Waals surface area (Å²) in [5.74, 6) is -0.264. The van der Waals surface area contributed by atoms with E-state index in [-0.39, 0.29) is 23.2 Å². The van der Waals surface area contributed by atoms with Gasteiger partial charge in [0.2, 0.25) is 10.0 Å². The van der Waals surface area contributed by atoms with Crippen LogP contribution in [0.5, 0.6) is 0 Å². The van der Waals surface area contributed by atoms with Crippen LogP contribution < -0.4 is 15.8 Å². The quantitative estimate of drug-likeness (QED) is 0.689. The Morgan fingerprint density at radius 1 is 1.18 bits per heavy atom. The molecule has 0 aromatic heterocycles. The summed E-state index contributed by atoms with van der Waals surface area (Å²) >= 11 is 0. The molecule has 0 heterocycles. The van der Waals surface area contributed by atoms with Crippen molar-refractivity contribution >= 4 is 28.3 Å². The number of rotatable bonds is 7. The molecule has 0 saturated heterocycles. The predicted octanol–water partition coefficient (Wildman–Crippen LogP) is 1.26. The van der Waals surface area contributed by atoms with E-state index in [1.54, 1.807) is 0 Å². The number of nitrogens with one attached hydrogen (secondary N) is 2. The Balaban J connectivity index is 0.00000441. The summed E-state index contributed by atoms with van der Waals surface area (Å²) < 4.78 is 25.4. The van der Waals surface area contributed by atoms with Crippen LogP contribution >= 0.6 is 12.4 Å². The molecule has 0 saturated carbocycles. The molecule has 1 aromatic rings. The maximum absolute atomic E-state index is 12.0. The maximum Gasteiger partial charge on any atom is 0.251 e. The van der Waals surface area contributed by atoms with Gasteiger partial charge in [-0.1, -0.05) is 13.8 Å². The van der Waals surface area contributed by atoms with Gasteiger partial charge in [0.25, 0.3) is 5.91 Å². The molecular formula is C14H24ClN3O3S. The van der Waals surface area contributed by atoms with Gasteiger partial charge in [0.1, 0.15) is 0 Å². The Hall–Kier alpha value is -1.15. The Bertz CT molecular complexity index is 584. The van der Waals surface area contributed by atoms with Crippen LogP contribution in [-0.2, 0) is 10.0 Å². The molecular weight excluding hydrogens is 326 g/mol. The fraction of sp³-hybridized carbons (Fsp3) is 0.500. The highest BCUT2D eigenvalue weighted by molar-refractivity contribution is 7.89. The van der Waals surface area contributed by atoms with E-state index in [1.807, 2.05) is 13.8 Å². The minimum absolute atomic E-state index is 0. The van der Waals surface area contributed by atoms with Crippen LogP contribution in [0, 0.1) is 0 Å². The zero-order chi connectivity index (χ0) is 16.1. The summed E-state index contributed by atoms with van der Waals surface area (Å²) in [7, 11) is -2.15. The van der Waals surface area contributed by atoms with Crippen LogP contribution in [0.2, 0.25) is 0 Å². The smallest absolute Gasteiger partial charge is 0.251 e. The summed E-state index contributed by atoms with van der Waals surface area (Å²) in [4.78, 5) is 12.1. The van der Waals surface area contributed by atoms with E-state index in [2.05, 4.69) is 10.0 Å². The second kappa shape index (κ2) is 8.47. The van der Waals surface area contributed by atoms with Crippen molar-refractivity contribution in [2.75, 3.05) is 13.6 Å². The molecule has 1 aromatic carbocycles. The number of benzene rings is 1. The summed E-state index contributed by atoms with van der Waals surface area (Å²) in [6.07, 6.45) is 1.53. The molecule has 1 amide bonds. The standard InChI is InChI=1S/C14H23N3O3S.ClH/c1-4-14(15,5-2)10-17-13(18)11-6-8-12(9-7-11)21(19,20)16-3;/h6-9,16H,4-5,10,15H2,1-3H3,(H,17,18);1H. The van der Waals surface area contributed by atoms with Crippen LogP contribution in [0.1, 0.15) is 37.0 Å². The lowest BCUT2D eigenvalue weighted by Crippen LogP contribution is -2.49. The van der Waals surface area contributed by atoms with Gasteiger partial charge in [-0.25, -0.2) is 13.1 Å². The molecule has 0 bridgehead atoms. The van der Waals surface area contributed by atoms with Gasteiger partial charge >= 0.3 is 0 Å². The molecule has 0 aliphatic heterocycles. The molecule has 0 aliphatic carbocycles. The SMILES string of the molecule is CCC(N)(CC)CNC(=O)c1ccc(S(=O)(=O)NC)cc1.Cl. The van der Waals surface area contributed by atoms with Crippen molar-refractivity contribution in [2.24, 2.45) is 5.73 Å². The number of amides is 1. The second-order valence-electron chi connectivity index (χ2n) is 4.98. The highest BCUT2D eigenvalue weighted by Gasteiger charge is 2.21. The molecule has 0 radical (unpaired) electrons. The topological polar surface area (TPSA) is 101 Å². The number of carbonyl (C=O) groups excluding carboxylic acids is 1. The number of sulfonamides is 1. The third-order valence-corrected chi connectivity index (χ3v) is 5.14. The molecule has 8 heteroatoms. The van der Waals surface area contributed by atoms with Crippen molar-refractivity contribution in [2.45, 2.75) is 37.1 Å². The first-order valence-electron chi connectivity index (χ1n) is 6.88. The normalized spacial score (nSPS) is 11.6. The van der Waals surface area contributed by atoms with Crippen LogP contribution in [0.15, 0.2) is 29.2 Å². The largest absolute Gasteiger partial charge is 0.350 e. The molecule has 0 fully saturated rings. The van der Waals surface area contributed by atoms with Crippen LogP contribution in [0.4, 0.5) is 0 Å². The first-order chi connectivity index (χ1) is 9.78. The molecule has 0 aliphatic rings. The first-order valence-corrected chi connectivity index (χ1v) is 8.37. The number of hydrogen-bond acceptors (Lipinski definition) is 4. The van der Waals surface area contributed by atoms with E-state index >= 15 is 0 Å². The molecule has 126 valence electrons. The van der Waals surface area contributed by atoms with Crippen LogP contribution in [0.3, 0.4) is 0 Å². The highest BCUT2D eigenvalue weighted by Crippen LogP contribution is 2.12. The second-order valence-corrected chi connectivity index (χ2v) is 6.87. The van der Waals surface area contributed by atoms with Crippen molar-refractivity contribution < 1.29 is 13.2 Å². The lowest BCUT2D eigenvalue weighted by Gasteiger charge is -2.26. The predicted molar refractivity (Wildman–Crippen MR) is 89.8 cm³/mol. The third-order valence-electron chi connectivity index (χ3n) is 3.70. The van der Waals surface area contributed by atoms with E-state index in [9.17, 15) is 13.2 Å². The molecule has 22 heavy (non-hydrogen) atoms. The molecule has 0 unspecified atom stereocenters. The zero-order valence-electron chi connectivity index (χ0n) is 13.0. The van der Waals surface area contributed by atoms with E-state index in [0.717, 1.165) is 12.8 Å². The van der Waals surface area contributed by atoms with Crippen LogP contribution in [0.25, 0.3) is 0 Å². The minimum atomic E-state index is -3.49. The fourth-order valence-corrected chi connectivity index (χ4v) is 2.49. The Labute approximate surface area is 138 Å². The number of hydrogen-bond donors (Lipinski definition) is 3. The van der Waals surface area contributed by atoms with Crippen molar-refractivity contribution in [3.05, 3.63) is 29.8 Å². The molecule has 0 spiro atoms. The zero-order valence-corrected chi connectivity index (χ0v) is 14.7. The lowest BCUT2D eigenvalue weighted by atomic mass is 9.94. The van der Waals surface area contributed by atoms with Gasteiger partial charge in [-0.3, -0.25) is 4.79 Å². The molecule has 1 rings (SSSR count). The van der Waals surface area contributed by atoms with Gasteiger partial charge < -0.3 is 11.1 Å². The molecule has 6 nitrogen and oxygen atoms in total. The third kappa shape index (κ3) is 5.24. The van der Waals surface area contributed by atoms with E-state index in [1.165, 1.54) is 31.3 Å². The highest BCUT2D eigenvalue weighted by atomic mass is 35.5. The van der Waals surface area contributed by atoms with Gasteiger partial charge in [-0.15, -0.1) is 12.4 Å². The Morgan fingerprint density at radius 2 is 1.68 bits per heavy atom. The average Bonchev–Trinajstić information content (AvgIpc) is 2.52. The van der Waals surface area contributed by atoms with Crippen molar-refractivity contribution in [1.82, 2.24) is 10.0 Å². The van der Waals surface area contributed by atoms with Gasteiger partial charge in [0, 0.05) is 17.6 Å². The summed E-state index contributed by atoms with van der Waals surface area (Å²) in [6, 6.07) is 5.76. The average molecular weight is 350 g/mol. The fourth-order valence-electron chi connectivity index (χ4n) is 1.76. The van der Waals surface area contributed by atoms with Crippen molar-refractivity contribution in [1.29, 1.82) is 0 Å². The van der Waals surface area contributed by atoms with Gasteiger partial charge in [-0.05, 0) is 44.2 Å². The maximum atomic E-state index is 12.0. The minimum Gasteiger partial charge on any atom is -0.350 e. The van der Waals surface area contributed by atoms with E-state index < -0.39 is 15.6 Å². The van der Waals surface area contributed by atoms with Crippen LogP contribution in [-0.4, -0.2) is 33.5 Å². The summed E-state index contributed by atoms with van der Waals surface area (Å²) in [5.41, 5.74) is 6.11.